The van der Waals surface area contributed by atoms with E-state index in [1.54, 1.807) is 48.5 Å². The third kappa shape index (κ3) is 8.30. The van der Waals surface area contributed by atoms with E-state index in [9.17, 15) is 19.2 Å². The van der Waals surface area contributed by atoms with E-state index in [0.717, 1.165) is 14.2 Å². The standard InChI is InChI=1S/C27H37ClFN5O10/c1-13-15(11-41-14(22(36)40-9)10-16(35)39-8)42-21(17(13)29)33-12-30-18-19(33)31-23(28)32-20(18)34(24(37)43-26(2,3)4)25(38)44-27(5,6)7/h12-15,17,21H,10-11H2,1-9H3/t13-,14?,15-,17+,21-/m1/s1. The van der Waals surface area contributed by atoms with Gasteiger partial charge in [0.1, 0.15) is 11.2 Å². The summed E-state index contributed by atoms with van der Waals surface area (Å²) in [5.41, 5.74) is -2.15. The first-order valence-electron chi connectivity index (χ1n) is 13.6. The molecule has 3 rings (SSSR count). The van der Waals surface area contributed by atoms with Crippen LogP contribution in [-0.2, 0) is 38.0 Å². The number of halogens is 2. The monoisotopic (exact) mass is 645 g/mol. The average molecular weight is 646 g/mol. The van der Waals surface area contributed by atoms with E-state index >= 15 is 4.39 Å². The van der Waals surface area contributed by atoms with Crippen molar-refractivity contribution in [2.45, 2.75) is 90.7 Å². The summed E-state index contributed by atoms with van der Waals surface area (Å²) in [7, 11) is 2.30. The van der Waals surface area contributed by atoms with Gasteiger partial charge in [-0.25, -0.2) is 23.8 Å². The van der Waals surface area contributed by atoms with E-state index in [4.69, 9.17) is 30.5 Å². The van der Waals surface area contributed by atoms with Crippen LogP contribution in [0.15, 0.2) is 6.33 Å². The number of alkyl halides is 1. The second kappa shape index (κ2) is 13.6. The number of carbonyl (C=O) groups is 4. The van der Waals surface area contributed by atoms with Crippen molar-refractivity contribution in [3.8, 4) is 0 Å². The van der Waals surface area contributed by atoms with E-state index < -0.39 is 77.6 Å². The maximum absolute atomic E-state index is 15.7. The van der Waals surface area contributed by atoms with Crippen LogP contribution in [0.3, 0.4) is 0 Å². The normalized spacial score (nSPS) is 21.1. The summed E-state index contributed by atoms with van der Waals surface area (Å²) < 4.78 is 48.6. The van der Waals surface area contributed by atoms with Gasteiger partial charge in [0.2, 0.25) is 5.28 Å². The van der Waals surface area contributed by atoms with E-state index in [1.165, 1.54) is 10.9 Å². The van der Waals surface area contributed by atoms with Crippen molar-refractivity contribution in [3.63, 3.8) is 0 Å². The molecular formula is C27H37ClFN5O10. The number of hydrogen-bond donors (Lipinski definition) is 0. The Labute approximate surface area is 258 Å². The Hall–Kier alpha value is -3.63. The lowest BCUT2D eigenvalue weighted by atomic mass is 10.0. The van der Waals surface area contributed by atoms with Crippen LogP contribution in [0.4, 0.5) is 19.8 Å². The van der Waals surface area contributed by atoms with E-state index in [1.807, 2.05) is 0 Å². The highest BCUT2D eigenvalue weighted by molar-refractivity contribution is 6.29. The SMILES string of the molecule is COC(=O)CC(OC[C@H]1O[C@@H](n2cnc3c(N(C(=O)OC(C)(C)C)C(=O)OC(C)(C)C)nc(Cl)nc32)[C@@H](F)[C@@H]1C)C(=O)OC. The lowest BCUT2D eigenvalue weighted by molar-refractivity contribution is -0.164. The van der Waals surface area contributed by atoms with Crippen LogP contribution in [-0.4, -0.2) is 94.1 Å². The predicted molar refractivity (Wildman–Crippen MR) is 152 cm³/mol. The summed E-state index contributed by atoms with van der Waals surface area (Å²) >= 11 is 6.22. The number of nitrogens with zero attached hydrogens (tertiary/aromatic N) is 5. The summed E-state index contributed by atoms with van der Waals surface area (Å²) in [6, 6.07) is 0. The highest BCUT2D eigenvalue weighted by Crippen LogP contribution is 2.39. The lowest BCUT2D eigenvalue weighted by Crippen LogP contribution is -2.44. The number of rotatable bonds is 8. The van der Waals surface area contributed by atoms with Crippen molar-refractivity contribution >= 4 is 52.7 Å². The van der Waals surface area contributed by atoms with Gasteiger partial charge in [0.05, 0.1) is 39.7 Å². The van der Waals surface area contributed by atoms with Gasteiger partial charge < -0.3 is 28.4 Å². The summed E-state index contributed by atoms with van der Waals surface area (Å²) in [4.78, 5) is 63.3. The quantitative estimate of drug-likeness (QED) is 0.228. The minimum absolute atomic E-state index is 0.0586. The van der Waals surface area contributed by atoms with Crippen LogP contribution in [0, 0.1) is 5.92 Å². The molecule has 3 heterocycles. The number of amides is 2. The van der Waals surface area contributed by atoms with Gasteiger partial charge in [-0.05, 0) is 53.1 Å². The van der Waals surface area contributed by atoms with Crippen LogP contribution in [0.1, 0.15) is 61.1 Å². The fraction of sp³-hybridized carbons (Fsp3) is 0.667. The fourth-order valence-corrected chi connectivity index (χ4v) is 4.28. The van der Waals surface area contributed by atoms with Crippen LogP contribution >= 0.6 is 11.6 Å². The Morgan fingerprint density at radius 1 is 1.05 bits per heavy atom. The first kappa shape index (κ1) is 34.9. The number of aromatic nitrogens is 4. The van der Waals surface area contributed by atoms with Crippen LogP contribution in [0.5, 0.6) is 0 Å². The zero-order valence-electron chi connectivity index (χ0n) is 26.0. The molecule has 2 aromatic heterocycles. The van der Waals surface area contributed by atoms with Gasteiger partial charge in [0, 0.05) is 5.92 Å². The first-order valence-corrected chi connectivity index (χ1v) is 14.0. The van der Waals surface area contributed by atoms with Gasteiger partial charge in [-0.3, -0.25) is 9.36 Å². The zero-order chi connectivity index (χ0) is 33.1. The van der Waals surface area contributed by atoms with E-state index in [2.05, 4.69) is 24.4 Å². The molecular weight excluding hydrogens is 609 g/mol. The molecule has 0 saturated carbocycles. The third-order valence-corrected chi connectivity index (χ3v) is 6.36. The Bertz CT molecular complexity index is 1360. The maximum Gasteiger partial charge on any atom is 0.425 e. The molecule has 0 spiro atoms. The number of anilines is 1. The largest absolute Gasteiger partial charge is 0.469 e. The van der Waals surface area contributed by atoms with Gasteiger partial charge in [-0.15, -0.1) is 0 Å². The molecule has 44 heavy (non-hydrogen) atoms. The number of hydrogen-bond acceptors (Lipinski definition) is 13. The molecule has 0 aliphatic carbocycles. The fourth-order valence-electron chi connectivity index (χ4n) is 4.12. The third-order valence-electron chi connectivity index (χ3n) is 6.19. The van der Waals surface area contributed by atoms with Crippen LogP contribution < -0.4 is 4.90 Å². The highest BCUT2D eigenvalue weighted by Gasteiger charge is 2.45. The van der Waals surface area contributed by atoms with Gasteiger partial charge in [0.25, 0.3) is 0 Å². The maximum atomic E-state index is 15.7. The molecule has 244 valence electrons. The summed E-state index contributed by atoms with van der Waals surface area (Å²) in [6.07, 6.45) is -6.57. The molecule has 1 aliphatic heterocycles. The minimum Gasteiger partial charge on any atom is -0.469 e. The number of methoxy groups -OCH3 is 2. The van der Waals surface area contributed by atoms with Gasteiger partial charge >= 0.3 is 24.1 Å². The molecule has 1 aliphatic rings. The van der Waals surface area contributed by atoms with Gasteiger partial charge in [0.15, 0.2) is 35.5 Å². The summed E-state index contributed by atoms with van der Waals surface area (Å²) in [6.45, 7) is 11.0. The Balaban J connectivity index is 1.97. The van der Waals surface area contributed by atoms with Crippen LogP contribution in [0.25, 0.3) is 11.2 Å². The van der Waals surface area contributed by atoms with Crippen molar-refractivity contribution in [2.75, 3.05) is 25.7 Å². The lowest BCUT2D eigenvalue weighted by Gasteiger charge is -2.28. The van der Waals surface area contributed by atoms with Crippen molar-refractivity contribution in [1.82, 2.24) is 19.5 Å². The molecule has 5 atom stereocenters. The Morgan fingerprint density at radius 2 is 1.64 bits per heavy atom. The molecule has 0 radical (unpaired) electrons. The molecule has 17 heteroatoms. The predicted octanol–water partition coefficient (Wildman–Crippen LogP) is 4.15. The number of imidazole rings is 1. The molecule has 1 unspecified atom stereocenters. The first-order chi connectivity index (χ1) is 20.4. The highest BCUT2D eigenvalue weighted by atomic mass is 35.5. The molecule has 2 aromatic rings. The van der Waals surface area contributed by atoms with E-state index in [-0.39, 0.29) is 23.6 Å². The molecule has 15 nitrogen and oxygen atoms in total. The second-order valence-corrected chi connectivity index (χ2v) is 12.3. The second-order valence-electron chi connectivity index (χ2n) is 11.9. The summed E-state index contributed by atoms with van der Waals surface area (Å²) in [5, 5.41) is -0.392. The molecule has 0 bridgehead atoms. The van der Waals surface area contributed by atoms with E-state index in [0.29, 0.717) is 4.90 Å². The average Bonchev–Trinajstić information content (AvgIpc) is 3.44. The minimum atomic E-state index is -1.64. The van der Waals surface area contributed by atoms with Gasteiger partial charge in [-0.1, -0.05) is 6.92 Å². The van der Waals surface area contributed by atoms with Crippen molar-refractivity contribution < 1.29 is 52.0 Å². The molecule has 1 saturated heterocycles. The molecule has 0 aromatic carbocycles. The topological polar surface area (TPSA) is 171 Å². The van der Waals surface area contributed by atoms with Crippen LogP contribution in [0.2, 0.25) is 5.28 Å². The van der Waals surface area contributed by atoms with Crippen molar-refractivity contribution in [3.05, 3.63) is 11.6 Å². The van der Waals surface area contributed by atoms with Crippen molar-refractivity contribution in [1.29, 1.82) is 0 Å². The molecule has 1 fully saturated rings. The molecule has 0 N–H and O–H groups in total. The number of esters is 2. The van der Waals surface area contributed by atoms with Gasteiger partial charge in [-0.2, -0.15) is 14.9 Å². The molecule has 2 amide bonds. The Morgan fingerprint density at radius 3 is 2.16 bits per heavy atom. The summed E-state index contributed by atoms with van der Waals surface area (Å²) in [5.74, 6) is -2.63. The number of fused-ring (bicyclic) bond motifs is 1. The number of ether oxygens (including phenoxy) is 6. The smallest absolute Gasteiger partial charge is 0.425 e. The van der Waals surface area contributed by atoms with Crippen molar-refractivity contribution in [2.24, 2.45) is 5.92 Å². The number of carbonyl (C=O) groups excluding carboxylic acids is 4. The number of imide groups is 1. The Kier molecular flexibility index (Phi) is 10.7. The zero-order valence-corrected chi connectivity index (χ0v) is 26.7.